The molecule has 13 heteroatoms. The van der Waals surface area contributed by atoms with Crippen LogP contribution in [-0.4, -0.2) is 42.5 Å². The fourth-order valence-corrected chi connectivity index (χ4v) is 3.70. The van der Waals surface area contributed by atoms with Gasteiger partial charge in [-0.2, -0.15) is 26.3 Å². The minimum absolute atomic E-state index is 0.0940. The Kier molecular flexibility index (Phi) is 6.76. The van der Waals surface area contributed by atoms with E-state index in [-0.39, 0.29) is 24.7 Å². The number of pyridine rings is 1. The fraction of sp³-hybridized carbons (Fsp3) is 0.381. The number of anilines is 2. The lowest BCUT2D eigenvalue weighted by Crippen LogP contribution is -2.45. The molecule has 0 radical (unpaired) electrons. The summed E-state index contributed by atoms with van der Waals surface area (Å²) in [6.45, 7) is 0.938. The summed E-state index contributed by atoms with van der Waals surface area (Å²) in [6, 6.07) is 3.12. The van der Waals surface area contributed by atoms with Gasteiger partial charge in [0.05, 0.1) is 5.56 Å². The third-order valence-corrected chi connectivity index (χ3v) is 5.26. The normalized spacial score (nSPS) is 18.7. The molecule has 1 N–H and O–H groups in total. The van der Waals surface area contributed by atoms with Crippen LogP contribution in [-0.2, 0) is 21.9 Å². The van der Waals surface area contributed by atoms with E-state index >= 15 is 0 Å². The summed E-state index contributed by atoms with van der Waals surface area (Å²) in [5, 5.41) is 2.53. The highest BCUT2D eigenvalue weighted by Gasteiger charge is 2.43. The SMILES string of the molecule is CC(=O)N[C@@H]1C[C@@H](C(=O)N(C)c2ccc(F)cc2)N(c2cc(C(F)(F)F)cc(C(F)(F)F)n2)C1. The van der Waals surface area contributed by atoms with Crippen LogP contribution in [0.4, 0.5) is 42.2 Å². The fourth-order valence-electron chi connectivity index (χ4n) is 3.70. The summed E-state index contributed by atoms with van der Waals surface area (Å²) < 4.78 is 93.1. The molecule has 0 unspecified atom stereocenters. The zero-order valence-corrected chi connectivity index (χ0v) is 17.8. The predicted molar refractivity (Wildman–Crippen MR) is 107 cm³/mol. The van der Waals surface area contributed by atoms with Crippen molar-refractivity contribution in [3.63, 3.8) is 0 Å². The molecule has 0 bridgehead atoms. The van der Waals surface area contributed by atoms with Gasteiger partial charge in [-0.3, -0.25) is 9.59 Å². The Bertz CT molecular complexity index is 1040. The van der Waals surface area contributed by atoms with Crippen molar-refractivity contribution < 1.29 is 40.3 Å². The Labute approximate surface area is 189 Å². The molecule has 1 aromatic carbocycles. The molecule has 2 atom stereocenters. The molecule has 34 heavy (non-hydrogen) atoms. The molecule has 6 nitrogen and oxygen atoms in total. The van der Waals surface area contributed by atoms with E-state index in [2.05, 4.69) is 10.3 Å². The van der Waals surface area contributed by atoms with Crippen molar-refractivity contribution in [3.8, 4) is 0 Å². The monoisotopic (exact) mass is 492 g/mol. The van der Waals surface area contributed by atoms with Gasteiger partial charge < -0.3 is 15.1 Å². The van der Waals surface area contributed by atoms with Crippen LogP contribution in [0.5, 0.6) is 0 Å². The molecule has 184 valence electrons. The van der Waals surface area contributed by atoms with Gasteiger partial charge in [0.15, 0.2) is 0 Å². The van der Waals surface area contributed by atoms with E-state index in [9.17, 15) is 40.3 Å². The van der Waals surface area contributed by atoms with Gasteiger partial charge in [0.25, 0.3) is 0 Å². The number of nitrogens with zero attached hydrogens (tertiary/aromatic N) is 3. The zero-order valence-electron chi connectivity index (χ0n) is 17.8. The second kappa shape index (κ2) is 9.11. The second-order valence-corrected chi connectivity index (χ2v) is 7.77. The first-order valence-corrected chi connectivity index (χ1v) is 9.90. The predicted octanol–water partition coefficient (Wildman–Crippen LogP) is 4.00. The third kappa shape index (κ3) is 5.57. The molecule has 0 saturated carbocycles. The van der Waals surface area contributed by atoms with E-state index in [0.717, 1.165) is 21.9 Å². The number of halogens is 7. The highest BCUT2D eigenvalue weighted by molar-refractivity contribution is 5.99. The van der Waals surface area contributed by atoms with Gasteiger partial charge in [-0.15, -0.1) is 0 Å². The molecule has 2 aromatic rings. The second-order valence-electron chi connectivity index (χ2n) is 7.77. The number of carbonyl (C=O) groups excluding carboxylic acids is 2. The lowest BCUT2D eigenvalue weighted by atomic mass is 10.1. The minimum atomic E-state index is -5.17. The smallest absolute Gasteiger partial charge is 0.352 e. The number of hydrogen-bond donors (Lipinski definition) is 1. The maximum Gasteiger partial charge on any atom is 0.433 e. The van der Waals surface area contributed by atoms with E-state index in [4.69, 9.17) is 0 Å². The average Bonchev–Trinajstić information content (AvgIpc) is 3.14. The number of carbonyl (C=O) groups is 2. The summed E-state index contributed by atoms with van der Waals surface area (Å²) in [6.07, 6.45) is -10.4. The van der Waals surface area contributed by atoms with E-state index in [1.54, 1.807) is 0 Å². The molecule has 1 saturated heterocycles. The number of hydrogen-bond acceptors (Lipinski definition) is 4. The molecule has 3 rings (SSSR count). The lowest BCUT2D eigenvalue weighted by molar-refractivity contribution is -0.145. The van der Waals surface area contributed by atoms with Crippen LogP contribution in [0.1, 0.15) is 24.6 Å². The Morgan fingerprint density at radius 3 is 2.21 bits per heavy atom. The summed E-state index contributed by atoms with van der Waals surface area (Å²) >= 11 is 0. The Balaban J connectivity index is 2.05. The van der Waals surface area contributed by atoms with Gasteiger partial charge >= 0.3 is 12.4 Å². The van der Waals surface area contributed by atoms with Crippen molar-refractivity contribution in [2.75, 3.05) is 23.4 Å². The Hall–Kier alpha value is -3.38. The van der Waals surface area contributed by atoms with Gasteiger partial charge in [-0.1, -0.05) is 0 Å². The lowest BCUT2D eigenvalue weighted by Gasteiger charge is -2.29. The van der Waals surface area contributed by atoms with Gasteiger partial charge in [0.1, 0.15) is 23.4 Å². The first-order valence-electron chi connectivity index (χ1n) is 9.90. The molecule has 0 aliphatic carbocycles. The van der Waals surface area contributed by atoms with Crippen molar-refractivity contribution in [1.82, 2.24) is 10.3 Å². The van der Waals surface area contributed by atoms with Crippen molar-refractivity contribution in [1.29, 1.82) is 0 Å². The van der Waals surface area contributed by atoms with E-state index < -0.39 is 59.1 Å². The van der Waals surface area contributed by atoms with Crippen LogP contribution in [0.15, 0.2) is 36.4 Å². The van der Waals surface area contributed by atoms with E-state index in [0.29, 0.717) is 6.07 Å². The van der Waals surface area contributed by atoms with E-state index in [1.165, 1.54) is 26.1 Å². The molecular weight excluding hydrogens is 473 g/mol. The number of rotatable bonds is 4. The van der Waals surface area contributed by atoms with Gasteiger partial charge in [-0.25, -0.2) is 9.37 Å². The maximum atomic E-state index is 13.3. The molecule has 1 aliphatic heterocycles. The average molecular weight is 492 g/mol. The summed E-state index contributed by atoms with van der Waals surface area (Å²) in [4.78, 5) is 30.2. The van der Waals surface area contributed by atoms with Crippen molar-refractivity contribution in [2.24, 2.45) is 0 Å². The summed E-state index contributed by atoms with van der Waals surface area (Å²) in [5.74, 6) is -2.45. The standard InChI is InChI=1S/C21H19F7N4O2/c1-11(33)29-14-9-16(19(34)31(2)15-5-3-13(22)4-6-15)32(10-14)18-8-12(20(23,24)25)7-17(30-18)21(26,27)28/h3-8,14,16H,9-10H2,1-2H3,(H,29,33)/t14-,16+/m1/s1. The van der Waals surface area contributed by atoms with Crippen molar-refractivity contribution in [2.45, 2.75) is 37.8 Å². The molecular formula is C21H19F7N4O2. The largest absolute Gasteiger partial charge is 0.433 e. The Morgan fingerprint density at radius 1 is 1.06 bits per heavy atom. The van der Waals surface area contributed by atoms with Crippen molar-refractivity contribution in [3.05, 3.63) is 53.5 Å². The molecule has 2 amide bonds. The van der Waals surface area contributed by atoms with E-state index in [1.807, 2.05) is 0 Å². The molecule has 2 heterocycles. The third-order valence-electron chi connectivity index (χ3n) is 5.26. The van der Waals surface area contributed by atoms with Crippen LogP contribution in [0.25, 0.3) is 0 Å². The number of benzene rings is 1. The first kappa shape index (κ1) is 25.2. The Morgan fingerprint density at radius 2 is 1.68 bits per heavy atom. The molecule has 1 aromatic heterocycles. The zero-order chi connectivity index (χ0) is 25.4. The highest BCUT2D eigenvalue weighted by Crippen LogP contribution is 2.38. The number of alkyl halides is 6. The number of nitrogens with one attached hydrogen (secondary N) is 1. The van der Waals surface area contributed by atoms with Crippen LogP contribution in [0, 0.1) is 5.82 Å². The van der Waals surface area contributed by atoms with Crippen LogP contribution < -0.4 is 15.1 Å². The maximum absolute atomic E-state index is 13.3. The topological polar surface area (TPSA) is 65.5 Å². The molecule has 1 fully saturated rings. The van der Waals surface area contributed by atoms with Crippen LogP contribution in [0.3, 0.4) is 0 Å². The van der Waals surface area contributed by atoms with Crippen LogP contribution in [0.2, 0.25) is 0 Å². The number of likely N-dealkylation sites (N-methyl/N-ethyl adjacent to an activating group) is 1. The molecule has 0 spiro atoms. The van der Waals surface area contributed by atoms with Crippen LogP contribution >= 0.6 is 0 Å². The molecule has 1 aliphatic rings. The summed E-state index contributed by atoms with van der Waals surface area (Å²) in [7, 11) is 1.33. The van der Waals surface area contributed by atoms with Gasteiger partial charge in [-0.05, 0) is 42.8 Å². The quantitative estimate of drug-likeness (QED) is 0.656. The van der Waals surface area contributed by atoms with Gasteiger partial charge in [0.2, 0.25) is 11.8 Å². The van der Waals surface area contributed by atoms with Crippen molar-refractivity contribution >= 4 is 23.3 Å². The summed E-state index contributed by atoms with van der Waals surface area (Å²) in [5.41, 5.74) is -3.09. The van der Waals surface area contributed by atoms with Gasteiger partial charge in [0, 0.05) is 32.2 Å². The first-order chi connectivity index (χ1) is 15.7. The number of amides is 2. The number of aromatic nitrogens is 1. The minimum Gasteiger partial charge on any atom is -0.352 e. The highest BCUT2D eigenvalue weighted by atomic mass is 19.4.